The Morgan fingerprint density at radius 2 is 1.93 bits per heavy atom. The summed E-state index contributed by atoms with van der Waals surface area (Å²) in [7, 11) is 0. The van der Waals surface area contributed by atoms with Crippen molar-refractivity contribution in [2.24, 2.45) is 0 Å². The van der Waals surface area contributed by atoms with Gasteiger partial charge >= 0.3 is 0 Å². The zero-order valence-corrected chi connectivity index (χ0v) is 7.27. The van der Waals surface area contributed by atoms with Crippen molar-refractivity contribution >= 4 is 0 Å². The summed E-state index contributed by atoms with van der Waals surface area (Å²) < 4.78 is 18.1. The Morgan fingerprint density at radius 3 is 2.64 bits per heavy atom. The van der Waals surface area contributed by atoms with Crippen LogP contribution in [0.1, 0.15) is 0 Å². The Labute approximate surface area is 81.0 Å². The standard InChI is InChI=1S/C11H7FNO/c12-9-2-1-3-11(8-9)14-10-4-6-13-7-5-10/h1,3-8H. The molecule has 0 N–H and O–H groups in total. The van der Waals surface area contributed by atoms with Crippen molar-refractivity contribution < 1.29 is 9.13 Å². The second kappa shape index (κ2) is 3.87. The molecule has 2 aromatic rings. The van der Waals surface area contributed by atoms with Crippen LogP contribution in [0.5, 0.6) is 11.5 Å². The van der Waals surface area contributed by atoms with Crippen LogP contribution in [0.15, 0.2) is 42.7 Å². The zero-order valence-electron chi connectivity index (χ0n) is 7.27. The van der Waals surface area contributed by atoms with Gasteiger partial charge in [-0.3, -0.25) is 4.98 Å². The van der Waals surface area contributed by atoms with Gasteiger partial charge in [-0.05, 0) is 24.3 Å². The molecule has 0 aliphatic heterocycles. The molecule has 0 atom stereocenters. The van der Waals surface area contributed by atoms with E-state index >= 15 is 0 Å². The van der Waals surface area contributed by atoms with E-state index in [-0.39, 0.29) is 0 Å². The number of hydrogen-bond donors (Lipinski definition) is 0. The maximum Gasteiger partial charge on any atom is 0.134 e. The molecule has 0 unspecified atom stereocenters. The van der Waals surface area contributed by atoms with Crippen molar-refractivity contribution in [2.45, 2.75) is 0 Å². The third-order valence-electron chi connectivity index (χ3n) is 1.62. The minimum atomic E-state index is -0.434. The van der Waals surface area contributed by atoms with Crippen LogP contribution in [0.3, 0.4) is 0 Å². The van der Waals surface area contributed by atoms with E-state index in [2.05, 4.69) is 11.1 Å². The number of benzene rings is 1. The van der Waals surface area contributed by atoms with Gasteiger partial charge in [0.1, 0.15) is 17.3 Å². The van der Waals surface area contributed by atoms with Crippen LogP contribution < -0.4 is 4.74 Å². The van der Waals surface area contributed by atoms with E-state index in [0.717, 1.165) is 0 Å². The SMILES string of the molecule is Fc1[c]ccc(Oc2ccncc2)c1. The lowest BCUT2D eigenvalue weighted by Crippen LogP contribution is -1.84. The average Bonchev–Trinajstić information content (AvgIpc) is 2.19. The highest BCUT2D eigenvalue weighted by Gasteiger charge is 1.97. The lowest BCUT2D eigenvalue weighted by Gasteiger charge is -2.03. The van der Waals surface area contributed by atoms with E-state index < -0.39 is 5.82 Å². The van der Waals surface area contributed by atoms with E-state index in [1.807, 2.05) is 0 Å². The van der Waals surface area contributed by atoms with Gasteiger partial charge in [0.15, 0.2) is 0 Å². The smallest absolute Gasteiger partial charge is 0.134 e. The molecule has 1 aromatic heterocycles. The van der Waals surface area contributed by atoms with Crippen LogP contribution in [-0.4, -0.2) is 4.98 Å². The van der Waals surface area contributed by atoms with E-state index in [1.165, 1.54) is 12.1 Å². The maximum absolute atomic E-state index is 12.7. The van der Waals surface area contributed by atoms with Gasteiger partial charge in [-0.1, -0.05) is 0 Å². The molecule has 2 nitrogen and oxygen atoms in total. The average molecular weight is 188 g/mol. The second-order valence-corrected chi connectivity index (χ2v) is 2.66. The summed E-state index contributed by atoms with van der Waals surface area (Å²) >= 11 is 0. The van der Waals surface area contributed by atoms with E-state index in [4.69, 9.17) is 4.74 Å². The van der Waals surface area contributed by atoms with Gasteiger partial charge in [-0.2, -0.15) is 0 Å². The summed E-state index contributed by atoms with van der Waals surface area (Å²) in [6, 6.07) is 10.2. The molecule has 0 amide bonds. The Bertz CT molecular complexity index is 417. The van der Waals surface area contributed by atoms with Crippen molar-refractivity contribution in [3.8, 4) is 11.5 Å². The van der Waals surface area contributed by atoms with E-state index in [1.54, 1.807) is 30.6 Å². The first kappa shape index (κ1) is 8.69. The summed E-state index contributed by atoms with van der Waals surface area (Å²) in [6.07, 6.45) is 3.22. The molecule has 0 spiro atoms. The summed E-state index contributed by atoms with van der Waals surface area (Å²) in [5, 5.41) is 0. The van der Waals surface area contributed by atoms with Crippen LogP contribution in [0.4, 0.5) is 4.39 Å². The lowest BCUT2D eigenvalue weighted by molar-refractivity contribution is 0.476. The van der Waals surface area contributed by atoms with E-state index in [9.17, 15) is 4.39 Å². The van der Waals surface area contributed by atoms with Gasteiger partial charge in [0.25, 0.3) is 0 Å². The van der Waals surface area contributed by atoms with Crippen molar-refractivity contribution in [3.63, 3.8) is 0 Å². The number of aromatic nitrogens is 1. The molecule has 14 heavy (non-hydrogen) atoms. The van der Waals surface area contributed by atoms with Gasteiger partial charge < -0.3 is 4.74 Å². The summed E-state index contributed by atoms with van der Waals surface area (Å²) in [4.78, 5) is 3.84. The Balaban J connectivity index is 2.19. The van der Waals surface area contributed by atoms with Crippen molar-refractivity contribution in [3.05, 3.63) is 54.6 Å². The number of nitrogens with zero attached hydrogens (tertiary/aromatic N) is 1. The molecule has 0 fully saturated rings. The highest BCUT2D eigenvalue weighted by Crippen LogP contribution is 2.20. The molecule has 2 rings (SSSR count). The fourth-order valence-corrected chi connectivity index (χ4v) is 1.02. The topological polar surface area (TPSA) is 22.1 Å². The molecular weight excluding hydrogens is 181 g/mol. The van der Waals surface area contributed by atoms with Gasteiger partial charge in [0.2, 0.25) is 0 Å². The third kappa shape index (κ3) is 2.07. The van der Waals surface area contributed by atoms with Gasteiger partial charge in [0.05, 0.1) is 0 Å². The molecule has 0 bridgehead atoms. The molecular formula is C11H7FNO. The fourth-order valence-electron chi connectivity index (χ4n) is 1.02. The largest absolute Gasteiger partial charge is 0.457 e. The molecule has 0 saturated heterocycles. The molecule has 3 heteroatoms. The zero-order chi connectivity index (χ0) is 9.80. The Morgan fingerprint density at radius 1 is 1.14 bits per heavy atom. The molecule has 0 aliphatic carbocycles. The van der Waals surface area contributed by atoms with Crippen molar-refractivity contribution in [1.29, 1.82) is 0 Å². The van der Waals surface area contributed by atoms with E-state index in [0.29, 0.717) is 11.5 Å². The molecule has 0 saturated carbocycles. The monoisotopic (exact) mass is 188 g/mol. The number of hydrogen-bond acceptors (Lipinski definition) is 2. The molecule has 0 aliphatic rings. The fraction of sp³-hybridized carbons (Fsp3) is 0. The lowest BCUT2D eigenvalue weighted by atomic mass is 10.3. The van der Waals surface area contributed by atoms with Crippen LogP contribution in [0, 0.1) is 11.9 Å². The summed E-state index contributed by atoms with van der Waals surface area (Å²) in [5.41, 5.74) is 0. The molecule has 69 valence electrons. The first-order valence-corrected chi connectivity index (χ1v) is 4.10. The predicted molar refractivity (Wildman–Crippen MR) is 49.5 cm³/mol. The minimum Gasteiger partial charge on any atom is -0.457 e. The third-order valence-corrected chi connectivity index (χ3v) is 1.62. The van der Waals surface area contributed by atoms with Crippen LogP contribution in [0.25, 0.3) is 0 Å². The van der Waals surface area contributed by atoms with Gasteiger partial charge in [-0.15, -0.1) is 0 Å². The van der Waals surface area contributed by atoms with Crippen LogP contribution in [0.2, 0.25) is 0 Å². The van der Waals surface area contributed by atoms with Crippen molar-refractivity contribution in [1.82, 2.24) is 4.98 Å². The van der Waals surface area contributed by atoms with Gasteiger partial charge in [0, 0.05) is 24.5 Å². The predicted octanol–water partition coefficient (Wildman–Crippen LogP) is 2.81. The first-order valence-electron chi connectivity index (χ1n) is 4.10. The van der Waals surface area contributed by atoms with Gasteiger partial charge in [-0.25, -0.2) is 4.39 Å². The highest BCUT2D eigenvalue weighted by molar-refractivity contribution is 5.29. The number of halogens is 1. The molecule has 1 radical (unpaired) electrons. The highest BCUT2D eigenvalue weighted by atomic mass is 19.1. The van der Waals surface area contributed by atoms with Crippen molar-refractivity contribution in [2.75, 3.05) is 0 Å². The molecule has 1 heterocycles. The summed E-state index contributed by atoms with van der Waals surface area (Å²) in [6.45, 7) is 0. The Hall–Kier alpha value is -1.90. The summed E-state index contributed by atoms with van der Waals surface area (Å²) in [5.74, 6) is 0.648. The minimum absolute atomic E-state index is 0.434. The first-order chi connectivity index (χ1) is 6.84. The van der Waals surface area contributed by atoms with Crippen LogP contribution >= 0.6 is 0 Å². The number of ether oxygens (including phenoxy) is 1. The number of pyridine rings is 1. The quantitative estimate of drug-likeness (QED) is 0.722. The van der Waals surface area contributed by atoms with Crippen LogP contribution in [-0.2, 0) is 0 Å². The number of rotatable bonds is 2. The normalized spacial score (nSPS) is 9.79. The second-order valence-electron chi connectivity index (χ2n) is 2.66. The Kier molecular flexibility index (Phi) is 2.40. The maximum atomic E-state index is 12.7. The molecule has 1 aromatic carbocycles.